The second-order valence-electron chi connectivity index (χ2n) is 5.65. The highest BCUT2D eigenvalue weighted by Crippen LogP contribution is 2.27. The first-order chi connectivity index (χ1) is 10.5. The van der Waals surface area contributed by atoms with Gasteiger partial charge >= 0.3 is 0 Å². The van der Waals surface area contributed by atoms with E-state index in [9.17, 15) is 9.59 Å². The molecule has 0 aliphatic heterocycles. The summed E-state index contributed by atoms with van der Waals surface area (Å²) in [4.78, 5) is 30.7. The number of thiophene rings is 1. The van der Waals surface area contributed by atoms with Crippen LogP contribution in [0.15, 0.2) is 15.9 Å². The van der Waals surface area contributed by atoms with Crippen molar-refractivity contribution in [3.63, 3.8) is 0 Å². The fourth-order valence-corrected chi connectivity index (χ4v) is 4.42. The van der Waals surface area contributed by atoms with Gasteiger partial charge in [-0.25, -0.2) is 0 Å². The second kappa shape index (κ2) is 6.01. The number of halogens is 1. The minimum absolute atomic E-state index is 0.0655. The third-order valence-corrected chi connectivity index (χ3v) is 5.69. The number of H-pyrrole nitrogens is 1. The van der Waals surface area contributed by atoms with Crippen molar-refractivity contribution in [1.82, 2.24) is 9.88 Å². The highest BCUT2D eigenvalue weighted by atomic mass is 79.9. The molecule has 22 heavy (non-hydrogen) atoms. The molecule has 0 saturated heterocycles. The molecular weight excluding hydrogens is 364 g/mol. The van der Waals surface area contributed by atoms with Gasteiger partial charge in [0.15, 0.2) is 5.78 Å². The standard InChI is InChI=1S/C16H17BrN2O2S/c1-9-14-12(4-3-5-13(14)20)18-15(9)16(21)19(2)7-11-6-10(17)8-22-11/h6,8,18H,3-5,7H2,1-2H3. The molecule has 1 N–H and O–H groups in total. The van der Waals surface area contributed by atoms with Crippen molar-refractivity contribution in [3.05, 3.63) is 43.3 Å². The van der Waals surface area contributed by atoms with Gasteiger partial charge < -0.3 is 9.88 Å². The monoisotopic (exact) mass is 380 g/mol. The molecule has 1 aliphatic carbocycles. The van der Waals surface area contributed by atoms with Crippen LogP contribution in [0.25, 0.3) is 0 Å². The van der Waals surface area contributed by atoms with Gasteiger partial charge in [0, 0.05) is 39.5 Å². The zero-order valence-corrected chi connectivity index (χ0v) is 14.9. The Bertz CT molecular complexity index is 747. The van der Waals surface area contributed by atoms with E-state index >= 15 is 0 Å². The average molecular weight is 381 g/mol. The molecule has 0 spiro atoms. The summed E-state index contributed by atoms with van der Waals surface area (Å²) in [7, 11) is 1.79. The van der Waals surface area contributed by atoms with Crippen LogP contribution in [0.3, 0.4) is 0 Å². The number of aryl methyl sites for hydroxylation is 1. The van der Waals surface area contributed by atoms with Gasteiger partial charge in [-0.1, -0.05) is 0 Å². The molecule has 0 fully saturated rings. The Morgan fingerprint density at radius 3 is 2.86 bits per heavy atom. The lowest BCUT2D eigenvalue weighted by atomic mass is 9.94. The van der Waals surface area contributed by atoms with Crippen LogP contribution in [0.2, 0.25) is 0 Å². The van der Waals surface area contributed by atoms with Crippen LogP contribution < -0.4 is 0 Å². The SMILES string of the molecule is Cc1c(C(=O)N(C)Cc2cc(Br)cs2)[nH]c2c1C(=O)CCC2. The van der Waals surface area contributed by atoms with E-state index in [2.05, 4.69) is 20.9 Å². The van der Waals surface area contributed by atoms with Gasteiger partial charge in [-0.15, -0.1) is 11.3 Å². The number of carbonyl (C=O) groups excluding carboxylic acids is 2. The molecule has 0 unspecified atom stereocenters. The number of nitrogens with zero attached hydrogens (tertiary/aromatic N) is 1. The van der Waals surface area contributed by atoms with Crippen molar-refractivity contribution in [2.75, 3.05) is 7.05 Å². The Morgan fingerprint density at radius 2 is 2.23 bits per heavy atom. The van der Waals surface area contributed by atoms with Gasteiger partial charge in [-0.05, 0) is 47.3 Å². The maximum absolute atomic E-state index is 12.7. The molecule has 2 aromatic rings. The predicted molar refractivity (Wildman–Crippen MR) is 90.6 cm³/mol. The molecule has 3 rings (SSSR count). The molecule has 0 radical (unpaired) electrons. The van der Waals surface area contributed by atoms with Crippen LogP contribution in [0, 0.1) is 6.92 Å². The Labute approximate surface area is 141 Å². The van der Waals surface area contributed by atoms with Crippen molar-refractivity contribution in [3.8, 4) is 0 Å². The van der Waals surface area contributed by atoms with Crippen LogP contribution >= 0.6 is 27.3 Å². The number of aromatic amines is 1. The van der Waals surface area contributed by atoms with Gasteiger partial charge in [0.25, 0.3) is 5.91 Å². The third-order valence-electron chi connectivity index (χ3n) is 4.01. The first kappa shape index (κ1) is 15.5. The number of rotatable bonds is 3. The van der Waals surface area contributed by atoms with E-state index in [1.165, 1.54) is 0 Å². The van der Waals surface area contributed by atoms with Gasteiger partial charge in [-0.3, -0.25) is 9.59 Å². The summed E-state index contributed by atoms with van der Waals surface area (Å²) in [5.41, 5.74) is 3.01. The van der Waals surface area contributed by atoms with Gasteiger partial charge in [0.2, 0.25) is 0 Å². The van der Waals surface area contributed by atoms with E-state index in [0.717, 1.165) is 39.0 Å². The number of amides is 1. The van der Waals surface area contributed by atoms with Gasteiger partial charge in [-0.2, -0.15) is 0 Å². The van der Waals surface area contributed by atoms with Crippen LogP contribution in [-0.4, -0.2) is 28.6 Å². The van der Waals surface area contributed by atoms with E-state index < -0.39 is 0 Å². The molecule has 0 atom stereocenters. The van der Waals surface area contributed by atoms with Crippen LogP contribution in [-0.2, 0) is 13.0 Å². The summed E-state index contributed by atoms with van der Waals surface area (Å²) in [6.45, 7) is 2.42. The van der Waals surface area contributed by atoms with Crippen molar-refractivity contribution >= 4 is 39.0 Å². The number of hydrogen-bond donors (Lipinski definition) is 1. The Morgan fingerprint density at radius 1 is 1.45 bits per heavy atom. The average Bonchev–Trinajstić information content (AvgIpc) is 3.03. The van der Waals surface area contributed by atoms with E-state index in [-0.39, 0.29) is 11.7 Å². The first-order valence-corrected chi connectivity index (χ1v) is 8.87. The highest BCUT2D eigenvalue weighted by molar-refractivity contribution is 9.10. The smallest absolute Gasteiger partial charge is 0.270 e. The summed E-state index contributed by atoms with van der Waals surface area (Å²) in [6, 6.07) is 2.02. The summed E-state index contributed by atoms with van der Waals surface area (Å²) < 4.78 is 1.03. The normalized spacial score (nSPS) is 14.0. The zero-order chi connectivity index (χ0) is 15.9. The summed E-state index contributed by atoms with van der Waals surface area (Å²) >= 11 is 5.04. The fraction of sp³-hybridized carbons (Fsp3) is 0.375. The largest absolute Gasteiger partial charge is 0.354 e. The number of nitrogens with one attached hydrogen (secondary N) is 1. The van der Waals surface area contributed by atoms with E-state index in [1.807, 2.05) is 18.4 Å². The Balaban J connectivity index is 1.84. The molecule has 1 aliphatic rings. The molecule has 116 valence electrons. The molecule has 2 heterocycles. The number of Topliss-reactive ketones (excluding diaryl/α,β-unsaturated/α-hetero) is 1. The molecule has 2 aromatic heterocycles. The van der Waals surface area contributed by atoms with Crippen molar-refractivity contribution in [2.45, 2.75) is 32.7 Å². The van der Waals surface area contributed by atoms with Crippen LogP contribution in [0.5, 0.6) is 0 Å². The number of fused-ring (bicyclic) bond motifs is 1. The first-order valence-electron chi connectivity index (χ1n) is 7.20. The maximum Gasteiger partial charge on any atom is 0.270 e. The summed E-state index contributed by atoms with van der Waals surface area (Å²) in [5, 5.41) is 2.00. The van der Waals surface area contributed by atoms with Crippen LogP contribution in [0.4, 0.5) is 0 Å². The van der Waals surface area contributed by atoms with Crippen molar-refractivity contribution < 1.29 is 9.59 Å². The predicted octanol–water partition coefficient (Wildman–Crippen LogP) is 3.94. The Kier molecular flexibility index (Phi) is 4.23. The van der Waals surface area contributed by atoms with E-state index in [4.69, 9.17) is 0 Å². The molecule has 4 nitrogen and oxygen atoms in total. The lowest BCUT2D eigenvalue weighted by molar-refractivity contribution is 0.0780. The third kappa shape index (κ3) is 2.77. The molecule has 1 amide bonds. The molecular formula is C16H17BrN2O2S. The topological polar surface area (TPSA) is 53.2 Å². The second-order valence-corrected chi connectivity index (χ2v) is 7.56. The van der Waals surface area contributed by atoms with E-state index in [1.54, 1.807) is 23.3 Å². The van der Waals surface area contributed by atoms with Gasteiger partial charge in [0.1, 0.15) is 5.69 Å². The lowest BCUT2D eigenvalue weighted by Crippen LogP contribution is -2.26. The molecule has 0 bridgehead atoms. The van der Waals surface area contributed by atoms with Crippen LogP contribution in [0.1, 0.15) is 49.8 Å². The maximum atomic E-state index is 12.7. The molecule has 0 aromatic carbocycles. The molecule has 6 heteroatoms. The number of ketones is 1. The number of hydrogen-bond acceptors (Lipinski definition) is 3. The minimum Gasteiger partial charge on any atom is -0.354 e. The Hall–Kier alpha value is -1.40. The van der Waals surface area contributed by atoms with Gasteiger partial charge in [0.05, 0.1) is 6.54 Å². The zero-order valence-electron chi connectivity index (χ0n) is 12.5. The summed E-state index contributed by atoms with van der Waals surface area (Å²) in [6.07, 6.45) is 2.29. The number of aromatic nitrogens is 1. The highest BCUT2D eigenvalue weighted by Gasteiger charge is 2.27. The summed E-state index contributed by atoms with van der Waals surface area (Å²) in [5.74, 6) is 0.0862. The molecule has 0 saturated carbocycles. The minimum atomic E-state index is -0.0655. The van der Waals surface area contributed by atoms with E-state index in [0.29, 0.717) is 18.7 Å². The lowest BCUT2D eigenvalue weighted by Gasteiger charge is -2.16. The fourth-order valence-electron chi connectivity index (χ4n) is 2.92. The van der Waals surface area contributed by atoms with Crippen molar-refractivity contribution in [1.29, 1.82) is 0 Å². The van der Waals surface area contributed by atoms with Crippen molar-refractivity contribution in [2.24, 2.45) is 0 Å². The quantitative estimate of drug-likeness (QED) is 0.876. The number of carbonyl (C=O) groups is 2.